The van der Waals surface area contributed by atoms with Crippen LogP contribution in [0.1, 0.15) is 23.6 Å². The molecule has 94 valence electrons. The number of aryl methyl sites for hydroxylation is 1. The van der Waals surface area contributed by atoms with Gasteiger partial charge in [-0.2, -0.15) is 0 Å². The van der Waals surface area contributed by atoms with Crippen molar-refractivity contribution in [2.75, 3.05) is 13.2 Å². The van der Waals surface area contributed by atoms with Gasteiger partial charge in [-0.1, -0.05) is 13.8 Å². The molecule has 0 saturated carbocycles. The van der Waals surface area contributed by atoms with Crippen LogP contribution in [0.25, 0.3) is 6.08 Å². The monoisotopic (exact) mass is 253 g/mol. The first-order valence-electron chi connectivity index (χ1n) is 5.56. The predicted molar refractivity (Wildman–Crippen MR) is 72.0 cm³/mol. The zero-order valence-electron chi connectivity index (χ0n) is 10.5. The van der Waals surface area contributed by atoms with Gasteiger partial charge in [-0.3, -0.25) is 4.79 Å². The summed E-state index contributed by atoms with van der Waals surface area (Å²) in [7, 11) is 0. The Balaban J connectivity index is 2.42. The van der Waals surface area contributed by atoms with Gasteiger partial charge in [0.1, 0.15) is 0 Å². The topological polar surface area (TPSA) is 49.3 Å². The fraction of sp³-hybridized carbons (Fsp3) is 0.462. The lowest BCUT2D eigenvalue weighted by molar-refractivity contribution is -0.116. The lowest BCUT2D eigenvalue weighted by Crippen LogP contribution is -2.35. The van der Waals surface area contributed by atoms with Gasteiger partial charge < -0.3 is 10.4 Å². The van der Waals surface area contributed by atoms with E-state index in [4.69, 9.17) is 5.11 Å². The van der Waals surface area contributed by atoms with Crippen LogP contribution in [0.2, 0.25) is 0 Å². The third-order valence-corrected chi connectivity index (χ3v) is 3.30. The Bertz CT molecular complexity index is 407. The molecule has 1 aromatic heterocycles. The third-order valence-electron chi connectivity index (χ3n) is 2.33. The summed E-state index contributed by atoms with van der Waals surface area (Å²) in [6.45, 7) is 6.36. The van der Waals surface area contributed by atoms with Crippen molar-refractivity contribution in [3.05, 3.63) is 28.0 Å². The molecule has 17 heavy (non-hydrogen) atoms. The highest BCUT2D eigenvalue weighted by Crippen LogP contribution is 2.16. The van der Waals surface area contributed by atoms with Crippen molar-refractivity contribution < 1.29 is 9.90 Å². The second-order valence-corrected chi connectivity index (χ2v) is 6.14. The largest absolute Gasteiger partial charge is 0.396 e. The van der Waals surface area contributed by atoms with Crippen LogP contribution in [0.3, 0.4) is 0 Å². The van der Waals surface area contributed by atoms with Gasteiger partial charge in [0.05, 0.1) is 0 Å². The Morgan fingerprint density at radius 2 is 2.24 bits per heavy atom. The molecule has 0 saturated heterocycles. The predicted octanol–water partition coefficient (Wildman–Crippen LogP) is 2.20. The van der Waals surface area contributed by atoms with Crippen molar-refractivity contribution >= 4 is 23.3 Å². The molecule has 0 aliphatic rings. The number of hydrogen-bond donors (Lipinski definition) is 2. The van der Waals surface area contributed by atoms with Crippen LogP contribution in [-0.4, -0.2) is 24.2 Å². The summed E-state index contributed by atoms with van der Waals surface area (Å²) in [6, 6.07) is 4.01. The molecule has 1 aromatic rings. The minimum absolute atomic E-state index is 0.0567. The zero-order valence-corrected chi connectivity index (χ0v) is 11.3. The summed E-state index contributed by atoms with van der Waals surface area (Å²) in [5.41, 5.74) is -0.275. The number of aliphatic hydroxyl groups is 1. The molecule has 0 unspecified atom stereocenters. The Labute approximate surface area is 106 Å². The van der Waals surface area contributed by atoms with Crippen LogP contribution in [0.5, 0.6) is 0 Å². The molecule has 0 aliphatic heterocycles. The first-order valence-corrected chi connectivity index (χ1v) is 6.38. The van der Waals surface area contributed by atoms with Crippen LogP contribution in [0.4, 0.5) is 0 Å². The summed E-state index contributed by atoms with van der Waals surface area (Å²) in [4.78, 5) is 13.8. The molecule has 1 heterocycles. The highest BCUT2D eigenvalue weighted by Gasteiger charge is 2.16. The maximum atomic E-state index is 11.5. The molecule has 1 rings (SSSR count). The minimum atomic E-state index is -0.275. The number of amides is 1. The molecular formula is C13H19NO2S. The highest BCUT2D eigenvalue weighted by atomic mass is 32.1. The highest BCUT2D eigenvalue weighted by molar-refractivity contribution is 7.12. The summed E-state index contributed by atoms with van der Waals surface area (Å²) >= 11 is 1.65. The Hall–Kier alpha value is -1.13. The van der Waals surface area contributed by atoms with Gasteiger partial charge in [0.2, 0.25) is 5.91 Å². The van der Waals surface area contributed by atoms with E-state index in [-0.39, 0.29) is 17.9 Å². The normalized spacial score (nSPS) is 12.0. The molecule has 0 fully saturated rings. The number of thiophene rings is 1. The molecule has 0 bridgehead atoms. The first-order chi connectivity index (χ1) is 7.93. The molecule has 3 nitrogen and oxygen atoms in total. The van der Waals surface area contributed by atoms with Crippen molar-refractivity contribution in [2.24, 2.45) is 5.41 Å². The summed E-state index contributed by atoms with van der Waals surface area (Å²) in [5, 5.41) is 11.8. The number of carbonyl (C=O) groups is 1. The molecule has 0 atom stereocenters. The smallest absolute Gasteiger partial charge is 0.244 e. The van der Waals surface area contributed by atoms with Gasteiger partial charge in [-0.15, -0.1) is 11.3 Å². The third kappa shape index (κ3) is 5.15. The quantitative estimate of drug-likeness (QED) is 0.790. The van der Waals surface area contributed by atoms with E-state index in [1.165, 1.54) is 11.0 Å². The molecule has 0 aliphatic carbocycles. The fourth-order valence-electron chi connectivity index (χ4n) is 1.14. The van der Waals surface area contributed by atoms with Crippen molar-refractivity contribution in [1.82, 2.24) is 5.32 Å². The first kappa shape index (κ1) is 13.9. The van der Waals surface area contributed by atoms with Crippen LogP contribution in [0, 0.1) is 12.3 Å². The summed E-state index contributed by atoms with van der Waals surface area (Å²) in [6.07, 6.45) is 3.33. The Kier molecular flexibility index (Phi) is 4.90. The van der Waals surface area contributed by atoms with E-state index < -0.39 is 0 Å². The van der Waals surface area contributed by atoms with E-state index in [2.05, 4.69) is 5.32 Å². The van der Waals surface area contributed by atoms with Gasteiger partial charge in [0.25, 0.3) is 0 Å². The van der Waals surface area contributed by atoms with Gasteiger partial charge in [-0.05, 0) is 25.1 Å². The van der Waals surface area contributed by atoms with E-state index in [9.17, 15) is 4.79 Å². The lowest BCUT2D eigenvalue weighted by Gasteiger charge is -2.21. The van der Waals surface area contributed by atoms with E-state index in [1.807, 2.05) is 32.9 Å². The van der Waals surface area contributed by atoms with E-state index in [0.717, 1.165) is 4.88 Å². The minimum Gasteiger partial charge on any atom is -0.396 e. The lowest BCUT2D eigenvalue weighted by atomic mass is 9.95. The molecule has 0 aromatic carbocycles. The summed E-state index contributed by atoms with van der Waals surface area (Å²) < 4.78 is 0. The van der Waals surface area contributed by atoms with Gasteiger partial charge in [0, 0.05) is 34.4 Å². The molecule has 0 spiro atoms. The van der Waals surface area contributed by atoms with Gasteiger partial charge in [0.15, 0.2) is 0 Å². The second kappa shape index (κ2) is 5.98. The van der Waals surface area contributed by atoms with Gasteiger partial charge >= 0.3 is 0 Å². The zero-order chi connectivity index (χ0) is 12.9. The average Bonchev–Trinajstić information content (AvgIpc) is 2.70. The SMILES string of the molecule is Cc1ccc(/C=C/C(=O)NCC(C)(C)CO)s1. The van der Waals surface area contributed by atoms with E-state index >= 15 is 0 Å². The van der Waals surface area contributed by atoms with Crippen molar-refractivity contribution in [2.45, 2.75) is 20.8 Å². The van der Waals surface area contributed by atoms with Crippen molar-refractivity contribution in [3.8, 4) is 0 Å². The molecule has 1 amide bonds. The summed E-state index contributed by atoms with van der Waals surface area (Å²) in [5.74, 6) is -0.127. The second-order valence-electron chi connectivity index (χ2n) is 4.82. The number of nitrogens with one attached hydrogen (secondary N) is 1. The maximum Gasteiger partial charge on any atom is 0.244 e. The number of rotatable bonds is 5. The van der Waals surface area contributed by atoms with Crippen LogP contribution in [0.15, 0.2) is 18.2 Å². The molecule has 2 N–H and O–H groups in total. The van der Waals surface area contributed by atoms with Crippen molar-refractivity contribution in [1.29, 1.82) is 0 Å². The van der Waals surface area contributed by atoms with Crippen LogP contribution in [-0.2, 0) is 4.79 Å². The Morgan fingerprint density at radius 1 is 1.53 bits per heavy atom. The van der Waals surface area contributed by atoms with E-state index in [1.54, 1.807) is 17.4 Å². The standard InChI is InChI=1S/C13H19NO2S/c1-10-4-5-11(17-10)6-7-12(16)14-8-13(2,3)9-15/h4-7,15H,8-9H2,1-3H3,(H,14,16)/b7-6+. The van der Waals surface area contributed by atoms with Crippen LogP contribution < -0.4 is 5.32 Å². The maximum absolute atomic E-state index is 11.5. The van der Waals surface area contributed by atoms with Crippen molar-refractivity contribution in [3.63, 3.8) is 0 Å². The number of carbonyl (C=O) groups excluding carboxylic acids is 1. The molecular weight excluding hydrogens is 234 g/mol. The number of aliphatic hydroxyl groups excluding tert-OH is 1. The van der Waals surface area contributed by atoms with Gasteiger partial charge in [-0.25, -0.2) is 0 Å². The Morgan fingerprint density at radius 3 is 2.76 bits per heavy atom. The molecule has 4 heteroatoms. The van der Waals surface area contributed by atoms with Crippen LogP contribution >= 0.6 is 11.3 Å². The molecule has 0 radical (unpaired) electrons. The fourth-order valence-corrected chi connectivity index (χ4v) is 1.92. The average molecular weight is 253 g/mol. The van der Waals surface area contributed by atoms with E-state index in [0.29, 0.717) is 6.54 Å². The number of hydrogen-bond acceptors (Lipinski definition) is 3.